The minimum Gasteiger partial charge on any atom is -0.394 e. The average Bonchev–Trinajstić information content (AvgIpc) is 3.12. The van der Waals surface area contributed by atoms with Gasteiger partial charge in [-0.15, -0.1) is 0 Å². The van der Waals surface area contributed by atoms with Gasteiger partial charge in [-0.1, -0.05) is 0 Å². The van der Waals surface area contributed by atoms with Gasteiger partial charge in [-0.25, -0.2) is 18.7 Å². The maximum Gasteiger partial charge on any atom is 0.490 e. The predicted octanol–water partition coefficient (Wildman–Crippen LogP) is -4.21. The number of rotatable bonds is 8. The number of nitrogens with one attached hydrogen (secondary N) is 2. The maximum atomic E-state index is 11.0. The number of phosphoric acid groups is 3. The van der Waals surface area contributed by atoms with Crippen molar-refractivity contribution in [3.05, 3.63) is 16.7 Å². The van der Waals surface area contributed by atoms with Crippen LogP contribution < -0.4 is 11.3 Å². The van der Waals surface area contributed by atoms with E-state index in [1.54, 1.807) is 0 Å². The van der Waals surface area contributed by atoms with Gasteiger partial charge in [0.15, 0.2) is 17.5 Å². The molecule has 2 rings (SSSR count). The molecule has 0 saturated carbocycles. The highest BCUT2D eigenvalue weighted by Crippen LogP contribution is 2.64. The summed E-state index contributed by atoms with van der Waals surface area (Å²) in [6, 6.07) is 0. The first-order chi connectivity index (χ1) is 15.3. The van der Waals surface area contributed by atoms with Crippen LogP contribution in [0.5, 0.6) is 0 Å². The van der Waals surface area contributed by atoms with Crippen molar-refractivity contribution in [1.82, 2.24) is 19.9 Å². The summed E-state index contributed by atoms with van der Waals surface area (Å²) in [6.45, 7) is -0.688. The molecule has 196 valence electrons. The Bertz CT molecular complexity index is 1100. The number of aliphatic hydroxyl groups excluding tert-OH is 4. The topological polar surface area (TPSA) is 369 Å². The van der Waals surface area contributed by atoms with Crippen molar-refractivity contribution in [3.8, 4) is 0 Å². The molecule has 2 aromatic rings. The number of aliphatic hydroxyl groups is 4. The second kappa shape index (κ2) is 13.2. The van der Waals surface area contributed by atoms with Crippen molar-refractivity contribution in [2.75, 3.05) is 12.3 Å². The van der Waals surface area contributed by atoms with Crippen LogP contribution in [0, 0.1) is 0 Å². The Kier molecular flexibility index (Phi) is 12.5. The summed E-state index contributed by atoms with van der Waals surface area (Å²) in [6.07, 6.45) is -3.24. The highest BCUT2D eigenvalue weighted by molar-refractivity contribution is 7.66. The van der Waals surface area contributed by atoms with E-state index in [0.29, 0.717) is 11.2 Å². The minimum absolute atomic E-state index is 0.0783. The third-order valence-electron chi connectivity index (χ3n) is 2.80. The van der Waals surface area contributed by atoms with E-state index in [9.17, 15) is 23.3 Å². The lowest BCUT2D eigenvalue weighted by Crippen LogP contribution is -2.40. The Balaban J connectivity index is 0.000000484. The van der Waals surface area contributed by atoms with Crippen molar-refractivity contribution in [2.24, 2.45) is 0 Å². The van der Waals surface area contributed by atoms with Crippen LogP contribution in [-0.2, 0) is 27.1 Å². The Morgan fingerprint density at radius 3 is 1.97 bits per heavy atom. The first-order valence-electron chi connectivity index (χ1n) is 7.97. The number of fused-ring (bicyclic) bond motifs is 1. The zero-order valence-electron chi connectivity index (χ0n) is 16.3. The molecule has 0 spiro atoms. The molecule has 0 aliphatic rings. The van der Waals surface area contributed by atoms with Crippen LogP contribution in [0.2, 0.25) is 0 Å². The van der Waals surface area contributed by atoms with Gasteiger partial charge < -0.3 is 60.4 Å². The summed E-state index contributed by atoms with van der Waals surface area (Å²) in [4.78, 5) is 73.5. The fourth-order valence-electron chi connectivity index (χ4n) is 1.56. The summed E-state index contributed by atoms with van der Waals surface area (Å²) in [5.74, 6) is 0.0783. The normalized spacial score (nSPS) is 14.7. The first kappa shape index (κ1) is 32.1. The first-order valence-corrected chi connectivity index (χ1v) is 12.5. The lowest BCUT2D eigenvalue weighted by atomic mass is 10.1. The number of aromatic nitrogens is 4. The van der Waals surface area contributed by atoms with E-state index < -0.39 is 48.4 Å². The standard InChI is InChI=1S/C5H5N5O.C5H10O5.H5O10P3/c6-5-9-3-2(4(11)10-5)7-1-8-3;6-1-3(8)5(10)4(9)2-7;1-11(2,3)9-13(7,8)10-12(4,5)6/h1H,(H4,6,7,8,9,10,11);1,3-5,7-10H,2H2;(H,7,8)(H2,1,2,3)(H2,4,5,6). The van der Waals surface area contributed by atoms with E-state index in [1.165, 1.54) is 6.33 Å². The van der Waals surface area contributed by atoms with Gasteiger partial charge in [-0.2, -0.15) is 13.6 Å². The van der Waals surface area contributed by atoms with Gasteiger partial charge in [0.1, 0.15) is 18.3 Å². The van der Waals surface area contributed by atoms with E-state index in [1.807, 2.05) is 0 Å². The molecule has 34 heavy (non-hydrogen) atoms. The number of carbonyl (C=O) groups excluding carboxylic acids is 1. The maximum absolute atomic E-state index is 11.0. The average molecular weight is 559 g/mol. The van der Waals surface area contributed by atoms with E-state index in [2.05, 4.69) is 28.6 Å². The molecule has 13 N–H and O–H groups in total. The van der Waals surface area contributed by atoms with Crippen molar-refractivity contribution in [3.63, 3.8) is 0 Å². The SMILES string of the molecule is Nc1nc2nc[nH]c2c(=O)[nH]1.O=CC(O)C(O)C(O)CO.O=P(O)(O)OP(=O)(O)OP(=O)(O)O. The van der Waals surface area contributed by atoms with E-state index >= 15 is 0 Å². The van der Waals surface area contributed by atoms with Crippen LogP contribution >= 0.6 is 23.5 Å². The van der Waals surface area contributed by atoms with Crippen molar-refractivity contribution < 1.29 is 72.0 Å². The molecule has 2 heterocycles. The molecule has 24 heteroatoms. The van der Waals surface area contributed by atoms with Crippen molar-refractivity contribution in [1.29, 1.82) is 0 Å². The van der Waals surface area contributed by atoms with Gasteiger partial charge in [0.25, 0.3) is 5.56 Å². The summed E-state index contributed by atoms with van der Waals surface area (Å²) >= 11 is 0. The number of hydrogen-bond acceptors (Lipinski definition) is 14. The van der Waals surface area contributed by atoms with Crippen LogP contribution in [0.3, 0.4) is 0 Å². The number of H-pyrrole nitrogens is 2. The molecule has 0 bridgehead atoms. The summed E-state index contributed by atoms with van der Waals surface area (Å²) in [5, 5.41) is 34.1. The minimum atomic E-state index is -5.46. The predicted molar refractivity (Wildman–Crippen MR) is 106 cm³/mol. The van der Waals surface area contributed by atoms with Gasteiger partial charge in [-0.05, 0) is 0 Å². The van der Waals surface area contributed by atoms with Gasteiger partial charge in [0, 0.05) is 0 Å². The molecule has 21 nitrogen and oxygen atoms in total. The molecule has 0 amide bonds. The number of nitrogens with zero attached hydrogens (tertiary/aromatic N) is 2. The van der Waals surface area contributed by atoms with E-state index in [0.717, 1.165) is 0 Å². The van der Waals surface area contributed by atoms with Crippen LogP contribution in [0.1, 0.15) is 0 Å². The quantitative estimate of drug-likeness (QED) is 0.108. The molecule has 2 aromatic heterocycles. The molecular formula is C10H20N5O16P3. The molecule has 0 saturated heterocycles. The van der Waals surface area contributed by atoms with E-state index in [4.69, 9.17) is 50.6 Å². The zero-order chi connectivity index (χ0) is 26.9. The number of nitrogen functional groups attached to an aromatic ring is 1. The fraction of sp³-hybridized carbons (Fsp3) is 0.400. The van der Waals surface area contributed by atoms with E-state index in [-0.39, 0.29) is 17.8 Å². The summed E-state index contributed by atoms with van der Waals surface area (Å²) < 4.78 is 36.4. The number of hydrogen-bond donors (Lipinski definition) is 12. The second-order valence-corrected chi connectivity index (χ2v) is 9.74. The van der Waals surface area contributed by atoms with Gasteiger partial charge >= 0.3 is 23.5 Å². The van der Waals surface area contributed by atoms with Gasteiger partial charge in [0.2, 0.25) is 5.95 Å². The highest BCUT2D eigenvalue weighted by atomic mass is 31.3. The molecule has 3 unspecified atom stereocenters. The molecule has 3 atom stereocenters. The number of aromatic amines is 2. The molecule has 0 fully saturated rings. The highest BCUT2D eigenvalue weighted by Gasteiger charge is 2.38. The number of carbonyl (C=O) groups is 1. The van der Waals surface area contributed by atoms with Crippen LogP contribution in [0.4, 0.5) is 5.95 Å². The van der Waals surface area contributed by atoms with Crippen LogP contribution in [0.25, 0.3) is 11.2 Å². The van der Waals surface area contributed by atoms with Crippen LogP contribution in [0.15, 0.2) is 11.1 Å². The largest absolute Gasteiger partial charge is 0.490 e. The van der Waals surface area contributed by atoms with Gasteiger partial charge in [-0.3, -0.25) is 9.78 Å². The number of imidazole rings is 1. The number of nitrogens with two attached hydrogens (primary N) is 1. The third kappa shape index (κ3) is 13.1. The number of anilines is 1. The Morgan fingerprint density at radius 1 is 1.06 bits per heavy atom. The monoisotopic (exact) mass is 559 g/mol. The second-order valence-electron chi connectivity index (χ2n) is 5.53. The fourth-order valence-corrected chi connectivity index (χ4v) is 4.10. The summed E-state index contributed by atoms with van der Waals surface area (Å²) in [5.41, 5.74) is 5.65. The van der Waals surface area contributed by atoms with Crippen LogP contribution in [-0.4, -0.2) is 96.0 Å². The third-order valence-corrected chi connectivity index (χ3v) is 6.16. The molecule has 0 aromatic carbocycles. The lowest BCUT2D eigenvalue weighted by molar-refractivity contribution is -0.127. The summed E-state index contributed by atoms with van der Waals surface area (Å²) in [7, 11) is -16.2. The van der Waals surface area contributed by atoms with Crippen molar-refractivity contribution in [2.45, 2.75) is 18.3 Å². The Labute approximate surface area is 187 Å². The number of aldehydes is 1. The molecular weight excluding hydrogens is 539 g/mol. The zero-order valence-corrected chi connectivity index (χ0v) is 19.0. The van der Waals surface area contributed by atoms with Crippen molar-refractivity contribution >= 4 is 46.9 Å². The molecule has 0 aliphatic carbocycles. The Morgan fingerprint density at radius 2 is 1.56 bits per heavy atom. The van der Waals surface area contributed by atoms with Gasteiger partial charge in [0.05, 0.1) is 12.9 Å². The lowest BCUT2D eigenvalue weighted by Gasteiger charge is -2.16. The molecule has 0 radical (unpaired) electrons. The molecule has 0 aliphatic heterocycles. The Hall–Kier alpha value is -1.93. The smallest absolute Gasteiger partial charge is 0.394 e.